The second-order valence-electron chi connectivity index (χ2n) is 14.5. The highest BCUT2D eigenvalue weighted by atomic mass is 15.1. The van der Waals surface area contributed by atoms with Crippen LogP contribution in [0.1, 0.15) is 0 Å². The van der Waals surface area contributed by atoms with Gasteiger partial charge >= 0.3 is 0 Å². The molecule has 0 heterocycles. The lowest BCUT2D eigenvalue weighted by Gasteiger charge is -2.29. The van der Waals surface area contributed by atoms with Crippen molar-refractivity contribution in [1.29, 1.82) is 0 Å². The summed E-state index contributed by atoms with van der Waals surface area (Å²) in [6, 6.07) is 85.7. The van der Waals surface area contributed by atoms with Crippen LogP contribution in [0.3, 0.4) is 0 Å². The van der Waals surface area contributed by atoms with E-state index in [1.54, 1.807) is 0 Å². The van der Waals surface area contributed by atoms with E-state index in [4.69, 9.17) is 0 Å². The highest BCUT2D eigenvalue weighted by Gasteiger charge is 2.22. The highest BCUT2D eigenvalue weighted by molar-refractivity contribution is 6.21. The number of hydrogen-bond acceptors (Lipinski definition) is 1. The zero-order valence-electron chi connectivity index (χ0n) is 31.5. The fourth-order valence-electron chi connectivity index (χ4n) is 8.40. The van der Waals surface area contributed by atoms with Gasteiger partial charge in [-0.15, -0.1) is 0 Å². The van der Waals surface area contributed by atoms with Gasteiger partial charge in [0.05, 0.1) is 5.69 Å². The minimum atomic E-state index is 1.08. The van der Waals surface area contributed by atoms with Crippen molar-refractivity contribution < 1.29 is 0 Å². The van der Waals surface area contributed by atoms with Crippen LogP contribution in [-0.4, -0.2) is 0 Å². The number of nitrogens with zero attached hydrogens (tertiary/aromatic N) is 1. The minimum Gasteiger partial charge on any atom is -0.310 e. The maximum Gasteiger partial charge on any atom is 0.0546 e. The fraction of sp³-hybridized carbons (Fsp3) is 0. The van der Waals surface area contributed by atoms with E-state index in [0.717, 1.165) is 22.6 Å². The lowest BCUT2D eigenvalue weighted by molar-refractivity contribution is 1.28. The van der Waals surface area contributed by atoms with Crippen LogP contribution in [0.2, 0.25) is 0 Å². The Bertz CT molecular complexity index is 2970. The van der Waals surface area contributed by atoms with E-state index in [2.05, 4.69) is 241 Å². The zero-order valence-corrected chi connectivity index (χ0v) is 31.5. The third kappa shape index (κ3) is 6.46. The molecule has 0 fully saturated rings. The largest absolute Gasteiger partial charge is 0.310 e. The van der Waals surface area contributed by atoms with Crippen LogP contribution in [0.5, 0.6) is 0 Å². The summed E-state index contributed by atoms with van der Waals surface area (Å²) in [4.78, 5) is 2.44. The third-order valence-electron chi connectivity index (χ3n) is 11.1. The molecular formula is C56H39N. The lowest BCUT2D eigenvalue weighted by atomic mass is 9.85. The molecule has 0 aromatic heterocycles. The molecule has 0 aliphatic carbocycles. The summed E-state index contributed by atoms with van der Waals surface area (Å²) in [5, 5.41) is 5.00. The SMILES string of the molecule is c1ccc(-c2ccc(N(c3cccc(-c4c(-c5ccccc5)c5ccccc5c5ccccc45)c3)c3cc(-c4ccccc4)ccc3-c3ccccc3)cc2)cc1. The number of fused-ring (bicyclic) bond motifs is 3. The van der Waals surface area contributed by atoms with Crippen molar-refractivity contribution in [2.45, 2.75) is 0 Å². The summed E-state index contributed by atoms with van der Waals surface area (Å²) >= 11 is 0. The molecule has 10 rings (SSSR count). The van der Waals surface area contributed by atoms with Gasteiger partial charge in [0.2, 0.25) is 0 Å². The Morgan fingerprint density at radius 2 is 0.649 bits per heavy atom. The first-order valence-electron chi connectivity index (χ1n) is 19.6. The highest BCUT2D eigenvalue weighted by Crippen LogP contribution is 2.48. The lowest BCUT2D eigenvalue weighted by Crippen LogP contribution is -2.11. The van der Waals surface area contributed by atoms with E-state index in [1.807, 2.05) is 0 Å². The maximum atomic E-state index is 2.44. The van der Waals surface area contributed by atoms with E-state index in [9.17, 15) is 0 Å². The Labute approximate surface area is 334 Å². The van der Waals surface area contributed by atoms with Crippen LogP contribution in [0.15, 0.2) is 237 Å². The van der Waals surface area contributed by atoms with Gasteiger partial charge in [-0.05, 0) is 102 Å². The van der Waals surface area contributed by atoms with Crippen molar-refractivity contribution in [3.05, 3.63) is 237 Å². The van der Waals surface area contributed by atoms with E-state index in [1.165, 1.54) is 71.6 Å². The van der Waals surface area contributed by atoms with Crippen LogP contribution in [-0.2, 0) is 0 Å². The van der Waals surface area contributed by atoms with E-state index in [0.29, 0.717) is 0 Å². The van der Waals surface area contributed by atoms with Crippen molar-refractivity contribution in [1.82, 2.24) is 0 Å². The second kappa shape index (κ2) is 15.0. The molecule has 268 valence electrons. The van der Waals surface area contributed by atoms with Gasteiger partial charge in [0.25, 0.3) is 0 Å². The molecule has 0 N–H and O–H groups in total. The Kier molecular flexibility index (Phi) is 8.95. The van der Waals surface area contributed by atoms with Crippen molar-refractivity contribution in [2.75, 3.05) is 4.90 Å². The number of rotatable bonds is 8. The summed E-state index contributed by atoms with van der Waals surface area (Å²) in [6.45, 7) is 0. The third-order valence-corrected chi connectivity index (χ3v) is 11.1. The molecule has 10 aromatic rings. The first kappa shape index (κ1) is 34.0. The quantitative estimate of drug-likeness (QED) is 0.141. The summed E-state index contributed by atoms with van der Waals surface area (Å²) in [7, 11) is 0. The minimum absolute atomic E-state index is 1.08. The first-order valence-corrected chi connectivity index (χ1v) is 19.6. The molecule has 10 aromatic carbocycles. The normalized spacial score (nSPS) is 11.2. The van der Waals surface area contributed by atoms with E-state index >= 15 is 0 Å². The van der Waals surface area contributed by atoms with Gasteiger partial charge in [-0.1, -0.05) is 206 Å². The Hall–Kier alpha value is -7.48. The molecule has 0 spiro atoms. The molecule has 0 unspecified atom stereocenters. The molecular weight excluding hydrogens is 687 g/mol. The van der Waals surface area contributed by atoms with Gasteiger partial charge in [-0.2, -0.15) is 0 Å². The van der Waals surface area contributed by atoms with Gasteiger partial charge < -0.3 is 4.90 Å². The van der Waals surface area contributed by atoms with Gasteiger partial charge in [-0.3, -0.25) is 0 Å². The number of benzene rings is 10. The first-order chi connectivity index (χ1) is 28.3. The van der Waals surface area contributed by atoms with Gasteiger partial charge in [0.15, 0.2) is 0 Å². The van der Waals surface area contributed by atoms with Crippen LogP contribution in [0, 0.1) is 0 Å². The van der Waals surface area contributed by atoms with Crippen molar-refractivity contribution >= 4 is 38.6 Å². The number of hydrogen-bond donors (Lipinski definition) is 0. The average Bonchev–Trinajstić information content (AvgIpc) is 3.30. The summed E-state index contributed by atoms with van der Waals surface area (Å²) in [5.74, 6) is 0. The Balaban J connectivity index is 1.25. The topological polar surface area (TPSA) is 3.24 Å². The number of anilines is 3. The van der Waals surface area contributed by atoms with Crippen molar-refractivity contribution in [2.24, 2.45) is 0 Å². The van der Waals surface area contributed by atoms with Gasteiger partial charge in [-0.25, -0.2) is 0 Å². The second-order valence-corrected chi connectivity index (χ2v) is 14.5. The molecule has 0 saturated carbocycles. The molecule has 1 heteroatoms. The van der Waals surface area contributed by atoms with Crippen LogP contribution < -0.4 is 4.90 Å². The van der Waals surface area contributed by atoms with Crippen LogP contribution >= 0.6 is 0 Å². The molecule has 1 nitrogen and oxygen atoms in total. The predicted octanol–water partition coefficient (Wildman–Crippen LogP) is 15.8. The van der Waals surface area contributed by atoms with E-state index < -0.39 is 0 Å². The van der Waals surface area contributed by atoms with Gasteiger partial charge in [0.1, 0.15) is 0 Å². The van der Waals surface area contributed by atoms with Gasteiger partial charge in [0, 0.05) is 16.9 Å². The van der Waals surface area contributed by atoms with Crippen LogP contribution in [0.25, 0.3) is 77.2 Å². The summed E-state index contributed by atoms with van der Waals surface area (Å²) < 4.78 is 0. The standard InChI is InChI=1S/C56H39N/c1-5-18-40(19-6-1)42-32-35-47(36-33-42)57(54-39-45(41-20-7-2-8-21-41)34-37-49(54)43-22-9-3-10-23-43)48-27-17-26-46(38-48)56-53-31-16-14-29-51(53)50-28-13-15-30-52(50)55(56)44-24-11-4-12-25-44/h1-39H. The molecule has 0 bridgehead atoms. The van der Waals surface area contributed by atoms with Crippen molar-refractivity contribution in [3.8, 4) is 55.6 Å². The fourth-order valence-corrected chi connectivity index (χ4v) is 8.40. The average molecular weight is 726 g/mol. The van der Waals surface area contributed by atoms with E-state index in [-0.39, 0.29) is 0 Å². The molecule has 0 saturated heterocycles. The van der Waals surface area contributed by atoms with Crippen molar-refractivity contribution in [3.63, 3.8) is 0 Å². The smallest absolute Gasteiger partial charge is 0.0546 e. The van der Waals surface area contributed by atoms with Crippen LogP contribution in [0.4, 0.5) is 17.1 Å². The molecule has 0 atom stereocenters. The molecule has 57 heavy (non-hydrogen) atoms. The molecule has 0 amide bonds. The summed E-state index contributed by atoms with van der Waals surface area (Å²) in [5.41, 5.74) is 15.2. The Morgan fingerprint density at radius 3 is 1.23 bits per heavy atom. The molecule has 0 aliphatic heterocycles. The zero-order chi connectivity index (χ0) is 38.0. The molecule has 0 aliphatic rings. The maximum absolute atomic E-state index is 2.44. The molecule has 0 radical (unpaired) electrons. The monoisotopic (exact) mass is 725 g/mol. The predicted molar refractivity (Wildman–Crippen MR) is 243 cm³/mol. The summed E-state index contributed by atoms with van der Waals surface area (Å²) in [6.07, 6.45) is 0. The Morgan fingerprint density at radius 1 is 0.228 bits per heavy atom.